The van der Waals surface area contributed by atoms with Crippen LogP contribution in [-0.2, 0) is 4.79 Å². The lowest BCUT2D eigenvalue weighted by Gasteiger charge is -2.28. The fraction of sp³-hybridized carbons (Fsp3) is 0.267. The Morgan fingerprint density at radius 2 is 2.23 bits per heavy atom. The van der Waals surface area contributed by atoms with Crippen LogP contribution in [0.4, 0.5) is 5.95 Å². The van der Waals surface area contributed by atoms with Crippen molar-refractivity contribution in [1.29, 1.82) is 0 Å². The van der Waals surface area contributed by atoms with Gasteiger partial charge < -0.3 is 10.1 Å². The molecule has 6 nitrogen and oxygen atoms in total. The van der Waals surface area contributed by atoms with Gasteiger partial charge in [-0.05, 0) is 47.5 Å². The highest BCUT2D eigenvalue weighted by molar-refractivity contribution is 9.10. The van der Waals surface area contributed by atoms with Crippen LogP contribution in [0.2, 0.25) is 0 Å². The van der Waals surface area contributed by atoms with Gasteiger partial charge in [0.1, 0.15) is 18.1 Å². The summed E-state index contributed by atoms with van der Waals surface area (Å²) in [5.74, 6) is 1.36. The Kier molecular flexibility index (Phi) is 3.74. The Labute approximate surface area is 136 Å². The molecule has 0 amide bonds. The molecule has 1 aliphatic rings. The summed E-state index contributed by atoms with van der Waals surface area (Å²) >= 11 is 3.49. The molecule has 1 N–H and O–H groups in total. The molecule has 22 heavy (non-hydrogen) atoms. The second-order valence-corrected chi connectivity index (χ2v) is 5.90. The summed E-state index contributed by atoms with van der Waals surface area (Å²) < 4.78 is 7.81. The zero-order valence-corrected chi connectivity index (χ0v) is 14.0. The molecule has 114 valence electrons. The summed E-state index contributed by atoms with van der Waals surface area (Å²) in [6.45, 7) is 3.44. The van der Waals surface area contributed by atoms with Gasteiger partial charge >= 0.3 is 0 Å². The van der Waals surface area contributed by atoms with Gasteiger partial charge in [0.05, 0.1) is 11.6 Å². The van der Waals surface area contributed by atoms with E-state index >= 15 is 0 Å². The number of ketones is 1. The van der Waals surface area contributed by atoms with E-state index in [-0.39, 0.29) is 11.8 Å². The Morgan fingerprint density at radius 3 is 2.86 bits per heavy atom. The molecule has 2 heterocycles. The predicted octanol–water partition coefficient (Wildman–Crippen LogP) is 2.93. The Hall–Kier alpha value is -2.15. The van der Waals surface area contributed by atoms with Crippen LogP contribution in [-0.4, -0.2) is 27.7 Å². The van der Waals surface area contributed by atoms with Crippen LogP contribution in [0.5, 0.6) is 5.75 Å². The lowest BCUT2D eigenvalue weighted by molar-refractivity contribution is -0.114. The summed E-state index contributed by atoms with van der Waals surface area (Å²) in [6.07, 6.45) is 1.48. The fourth-order valence-electron chi connectivity index (χ4n) is 2.71. The van der Waals surface area contributed by atoms with Crippen LogP contribution in [0.25, 0.3) is 0 Å². The van der Waals surface area contributed by atoms with Crippen LogP contribution >= 0.6 is 15.9 Å². The minimum Gasteiger partial charge on any atom is -0.496 e. The van der Waals surface area contributed by atoms with E-state index in [4.69, 9.17) is 4.74 Å². The van der Waals surface area contributed by atoms with E-state index < -0.39 is 0 Å². The van der Waals surface area contributed by atoms with Crippen LogP contribution in [0.3, 0.4) is 0 Å². The Morgan fingerprint density at radius 1 is 1.45 bits per heavy atom. The number of aromatic nitrogens is 3. The van der Waals surface area contributed by atoms with E-state index in [1.54, 1.807) is 18.7 Å². The molecule has 7 heteroatoms. The smallest absolute Gasteiger partial charge is 0.226 e. The average molecular weight is 363 g/mol. The number of rotatable bonds is 3. The Balaban J connectivity index is 2.18. The SMILES string of the molecule is COc1ccc([C@H]2C(C(C)=O)=C(C)Nc3ncnn32)cc1Br. The van der Waals surface area contributed by atoms with Crippen molar-refractivity contribution in [2.45, 2.75) is 19.9 Å². The highest BCUT2D eigenvalue weighted by Crippen LogP contribution is 2.37. The van der Waals surface area contributed by atoms with Gasteiger partial charge in [0, 0.05) is 11.3 Å². The average Bonchev–Trinajstić information content (AvgIpc) is 2.93. The van der Waals surface area contributed by atoms with E-state index in [0.29, 0.717) is 11.5 Å². The molecule has 0 saturated heterocycles. The van der Waals surface area contributed by atoms with Crippen molar-refractivity contribution in [2.75, 3.05) is 12.4 Å². The monoisotopic (exact) mass is 362 g/mol. The van der Waals surface area contributed by atoms with E-state index in [9.17, 15) is 4.79 Å². The maximum absolute atomic E-state index is 12.1. The lowest BCUT2D eigenvalue weighted by atomic mass is 9.93. The topological polar surface area (TPSA) is 69.0 Å². The minimum absolute atomic E-state index is 0.00286. The quantitative estimate of drug-likeness (QED) is 0.908. The van der Waals surface area contributed by atoms with Crippen molar-refractivity contribution in [3.8, 4) is 5.75 Å². The number of hydrogen-bond acceptors (Lipinski definition) is 5. The molecule has 3 rings (SSSR count). The summed E-state index contributed by atoms with van der Waals surface area (Å²) in [5, 5.41) is 7.38. The third-order valence-corrected chi connectivity index (χ3v) is 4.28. The van der Waals surface area contributed by atoms with Gasteiger partial charge in [-0.2, -0.15) is 10.1 Å². The molecule has 0 spiro atoms. The standard InChI is InChI=1S/C15H15BrN4O2/c1-8-13(9(2)21)14(20-15(19-8)17-7-18-20)10-4-5-12(22-3)11(16)6-10/h4-7,14H,1-3H3,(H,17,18,19)/t14-/m0/s1. The van der Waals surface area contributed by atoms with Crippen molar-refractivity contribution >= 4 is 27.7 Å². The molecule has 1 aromatic carbocycles. The van der Waals surface area contributed by atoms with Gasteiger partial charge in [0.15, 0.2) is 5.78 Å². The van der Waals surface area contributed by atoms with Gasteiger partial charge in [-0.15, -0.1) is 0 Å². The molecular formula is C15H15BrN4O2. The normalized spacial score (nSPS) is 17.0. The number of anilines is 1. The molecule has 0 aliphatic carbocycles. The number of Topliss-reactive ketones (excluding diaryl/α,β-unsaturated/α-hetero) is 1. The van der Waals surface area contributed by atoms with Crippen molar-refractivity contribution < 1.29 is 9.53 Å². The number of halogens is 1. The van der Waals surface area contributed by atoms with Crippen LogP contribution in [0, 0.1) is 0 Å². The van der Waals surface area contributed by atoms with Gasteiger partial charge in [-0.1, -0.05) is 6.07 Å². The number of carbonyl (C=O) groups is 1. The first-order chi connectivity index (χ1) is 10.5. The first-order valence-corrected chi connectivity index (χ1v) is 7.54. The number of carbonyl (C=O) groups excluding carboxylic acids is 1. The van der Waals surface area contributed by atoms with Gasteiger partial charge in [-0.25, -0.2) is 4.68 Å². The van der Waals surface area contributed by atoms with E-state index in [1.165, 1.54) is 6.33 Å². The number of allylic oxidation sites excluding steroid dienone is 2. The molecule has 2 aromatic rings. The maximum atomic E-state index is 12.1. The largest absolute Gasteiger partial charge is 0.496 e. The second-order valence-electron chi connectivity index (χ2n) is 5.04. The zero-order valence-electron chi connectivity index (χ0n) is 12.4. The molecule has 0 radical (unpaired) electrons. The van der Waals surface area contributed by atoms with Gasteiger partial charge in [0.2, 0.25) is 5.95 Å². The molecular weight excluding hydrogens is 348 g/mol. The van der Waals surface area contributed by atoms with Crippen molar-refractivity contribution in [1.82, 2.24) is 14.8 Å². The van der Waals surface area contributed by atoms with E-state index in [0.717, 1.165) is 21.5 Å². The minimum atomic E-state index is -0.307. The second kappa shape index (κ2) is 5.57. The third kappa shape index (κ3) is 2.31. The van der Waals surface area contributed by atoms with E-state index in [2.05, 4.69) is 31.3 Å². The number of nitrogens with one attached hydrogen (secondary N) is 1. The lowest BCUT2D eigenvalue weighted by Crippen LogP contribution is -2.27. The Bertz CT molecular complexity index is 782. The number of fused-ring (bicyclic) bond motifs is 1. The van der Waals surface area contributed by atoms with Crippen molar-refractivity contribution in [3.05, 3.63) is 45.8 Å². The zero-order chi connectivity index (χ0) is 15.9. The third-order valence-electron chi connectivity index (χ3n) is 3.67. The first-order valence-electron chi connectivity index (χ1n) is 6.74. The molecule has 0 fully saturated rings. The molecule has 0 saturated carbocycles. The summed E-state index contributed by atoms with van der Waals surface area (Å²) in [6, 6.07) is 5.43. The molecule has 1 aromatic heterocycles. The van der Waals surface area contributed by atoms with Crippen molar-refractivity contribution in [2.24, 2.45) is 0 Å². The van der Waals surface area contributed by atoms with Gasteiger partial charge in [-0.3, -0.25) is 4.79 Å². The van der Waals surface area contributed by atoms with Crippen molar-refractivity contribution in [3.63, 3.8) is 0 Å². The van der Waals surface area contributed by atoms with Crippen LogP contribution in [0.1, 0.15) is 25.5 Å². The molecule has 1 atom stereocenters. The van der Waals surface area contributed by atoms with Crippen LogP contribution in [0.15, 0.2) is 40.3 Å². The van der Waals surface area contributed by atoms with Gasteiger partial charge in [0.25, 0.3) is 0 Å². The summed E-state index contributed by atoms with van der Waals surface area (Å²) in [4.78, 5) is 16.3. The molecule has 1 aliphatic heterocycles. The number of nitrogens with zero attached hydrogens (tertiary/aromatic N) is 3. The predicted molar refractivity (Wildman–Crippen MR) is 85.9 cm³/mol. The maximum Gasteiger partial charge on any atom is 0.226 e. The number of methoxy groups -OCH3 is 1. The summed E-state index contributed by atoms with van der Waals surface area (Å²) in [7, 11) is 1.62. The number of benzene rings is 1. The number of hydrogen-bond donors (Lipinski definition) is 1. The molecule has 0 unspecified atom stereocenters. The highest BCUT2D eigenvalue weighted by atomic mass is 79.9. The molecule has 0 bridgehead atoms. The number of ether oxygens (including phenoxy) is 1. The van der Waals surface area contributed by atoms with Crippen LogP contribution < -0.4 is 10.1 Å². The fourth-order valence-corrected chi connectivity index (χ4v) is 3.27. The van der Waals surface area contributed by atoms with E-state index in [1.807, 2.05) is 25.1 Å². The summed E-state index contributed by atoms with van der Waals surface area (Å²) in [5.41, 5.74) is 2.41. The highest BCUT2D eigenvalue weighted by Gasteiger charge is 2.31. The first kappa shape index (κ1) is 14.8.